The maximum absolute atomic E-state index is 12.4. The number of aliphatic hydroxyl groups is 2. The Bertz CT molecular complexity index is 1040. The molecule has 0 aliphatic rings. The molecular formula is C58H109NO5. The minimum Gasteiger partial charge on any atom is -0.466 e. The topological polar surface area (TPSA) is 95.9 Å². The molecule has 6 heteroatoms. The first-order chi connectivity index (χ1) is 31.5. The number of carbonyl (C=O) groups is 2. The largest absolute Gasteiger partial charge is 0.466 e. The zero-order valence-electron chi connectivity index (χ0n) is 42.8. The molecule has 0 saturated carbocycles. The first-order valence-electron chi connectivity index (χ1n) is 28.3. The second kappa shape index (κ2) is 53.7. The monoisotopic (exact) mass is 900 g/mol. The molecular weight excluding hydrogens is 791 g/mol. The van der Waals surface area contributed by atoms with E-state index in [0.717, 1.165) is 57.8 Å². The van der Waals surface area contributed by atoms with Crippen LogP contribution >= 0.6 is 0 Å². The number of allylic oxidation sites excluding steroid dienone is 5. The van der Waals surface area contributed by atoms with Gasteiger partial charge in [0.05, 0.1) is 25.4 Å². The van der Waals surface area contributed by atoms with E-state index in [1.807, 2.05) is 6.08 Å². The molecule has 0 aromatic rings. The van der Waals surface area contributed by atoms with Crippen molar-refractivity contribution in [2.45, 2.75) is 309 Å². The number of carbonyl (C=O) groups excluding carboxylic acids is 2. The summed E-state index contributed by atoms with van der Waals surface area (Å²) in [7, 11) is 0. The summed E-state index contributed by atoms with van der Waals surface area (Å²) in [5, 5.41) is 22.9. The third kappa shape index (κ3) is 49.5. The second-order valence-electron chi connectivity index (χ2n) is 19.3. The number of hydrogen-bond donors (Lipinski definition) is 3. The summed E-state index contributed by atoms with van der Waals surface area (Å²) < 4.78 is 5.47. The molecule has 64 heavy (non-hydrogen) atoms. The summed E-state index contributed by atoms with van der Waals surface area (Å²) in [5.74, 6) is -0.0723. The van der Waals surface area contributed by atoms with Gasteiger partial charge in [0.2, 0.25) is 5.91 Å². The Morgan fingerprint density at radius 3 is 1.19 bits per heavy atom. The van der Waals surface area contributed by atoms with Crippen LogP contribution in [0.25, 0.3) is 0 Å². The number of ether oxygens (including phenoxy) is 1. The molecule has 0 aliphatic carbocycles. The van der Waals surface area contributed by atoms with E-state index in [0.29, 0.717) is 19.4 Å². The molecule has 0 fully saturated rings. The molecule has 0 spiro atoms. The average molecular weight is 901 g/mol. The van der Waals surface area contributed by atoms with E-state index < -0.39 is 12.1 Å². The number of esters is 1. The molecule has 0 radical (unpaired) electrons. The van der Waals surface area contributed by atoms with Crippen molar-refractivity contribution in [2.75, 3.05) is 13.2 Å². The van der Waals surface area contributed by atoms with Crippen LogP contribution in [-0.4, -0.2) is 47.4 Å². The maximum atomic E-state index is 12.4. The van der Waals surface area contributed by atoms with E-state index in [1.54, 1.807) is 6.08 Å². The van der Waals surface area contributed by atoms with Crippen LogP contribution in [0.15, 0.2) is 36.5 Å². The smallest absolute Gasteiger partial charge is 0.305 e. The van der Waals surface area contributed by atoms with Gasteiger partial charge in [-0.3, -0.25) is 9.59 Å². The SMILES string of the molecule is CCCCCCCCCC/C=C/C(O)C(CO)NC(=O)CCCCCCCCC/C=C\C/C=C\CCCCCCCCCCCOC(=O)CCCCCCCCCCCCCCCC. The predicted molar refractivity (Wildman–Crippen MR) is 278 cm³/mol. The normalized spacial score (nSPS) is 12.9. The van der Waals surface area contributed by atoms with Gasteiger partial charge in [0.25, 0.3) is 0 Å². The van der Waals surface area contributed by atoms with E-state index in [2.05, 4.69) is 43.5 Å². The molecule has 0 aromatic heterocycles. The van der Waals surface area contributed by atoms with Gasteiger partial charge in [-0.25, -0.2) is 0 Å². The lowest BCUT2D eigenvalue weighted by Gasteiger charge is -2.20. The average Bonchev–Trinajstić information content (AvgIpc) is 3.29. The molecule has 1 amide bonds. The fraction of sp³-hybridized carbons (Fsp3) is 0.862. The van der Waals surface area contributed by atoms with Crippen LogP contribution in [0.5, 0.6) is 0 Å². The Morgan fingerprint density at radius 1 is 0.438 bits per heavy atom. The summed E-state index contributed by atoms with van der Waals surface area (Å²) in [6, 6.07) is -0.634. The highest BCUT2D eigenvalue weighted by Crippen LogP contribution is 2.16. The number of hydrogen-bond acceptors (Lipinski definition) is 5. The molecule has 0 bridgehead atoms. The standard InChI is InChI=1S/C58H109NO5/c1-3-5-7-9-11-13-15-16-29-32-36-40-44-48-52-58(63)64-53-49-45-41-37-33-30-27-25-23-21-19-17-18-20-22-24-26-28-31-35-39-43-47-51-57(62)59-55(54-60)56(61)50-46-42-38-34-14-12-10-8-6-4-2/h17,19-20,22,46,50,55-56,60-61H,3-16,18,21,23-45,47-49,51-54H2,1-2H3,(H,59,62)/b19-17-,22-20-,50-46+. The van der Waals surface area contributed by atoms with Gasteiger partial charge < -0.3 is 20.3 Å². The zero-order chi connectivity index (χ0) is 46.5. The highest BCUT2D eigenvalue weighted by atomic mass is 16.5. The number of nitrogens with one attached hydrogen (secondary N) is 1. The molecule has 0 rings (SSSR count). The summed E-state index contributed by atoms with van der Waals surface area (Å²) in [4.78, 5) is 24.4. The predicted octanol–water partition coefficient (Wildman–Crippen LogP) is 17.2. The molecule has 0 aliphatic heterocycles. The van der Waals surface area contributed by atoms with E-state index in [9.17, 15) is 19.8 Å². The fourth-order valence-corrected chi connectivity index (χ4v) is 8.55. The molecule has 2 unspecified atom stereocenters. The summed E-state index contributed by atoms with van der Waals surface area (Å²) in [6.07, 6.45) is 66.0. The maximum Gasteiger partial charge on any atom is 0.305 e. The lowest BCUT2D eigenvalue weighted by Crippen LogP contribution is -2.45. The molecule has 0 heterocycles. The highest BCUT2D eigenvalue weighted by Gasteiger charge is 2.18. The van der Waals surface area contributed by atoms with Crippen LogP contribution in [-0.2, 0) is 14.3 Å². The first kappa shape index (κ1) is 62.1. The minimum atomic E-state index is -0.849. The molecule has 0 aromatic carbocycles. The van der Waals surface area contributed by atoms with Gasteiger partial charge in [0.15, 0.2) is 0 Å². The van der Waals surface area contributed by atoms with Crippen molar-refractivity contribution in [1.29, 1.82) is 0 Å². The van der Waals surface area contributed by atoms with Gasteiger partial charge in [-0.1, -0.05) is 256 Å². The third-order valence-electron chi connectivity index (χ3n) is 12.9. The molecule has 3 N–H and O–H groups in total. The van der Waals surface area contributed by atoms with Crippen molar-refractivity contribution in [3.05, 3.63) is 36.5 Å². The first-order valence-corrected chi connectivity index (χ1v) is 28.3. The Morgan fingerprint density at radius 2 is 0.781 bits per heavy atom. The second-order valence-corrected chi connectivity index (χ2v) is 19.3. The van der Waals surface area contributed by atoms with Crippen molar-refractivity contribution in [3.63, 3.8) is 0 Å². The molecule has 0 saturated heterocycles. The van der Waals surface area contributed by atoms with E-state index in [-0.39, 0.29) is 18.5 Å². The lowest BCUT2D eigenvalue weighted by atomic mass is 10.0. The van der Waals surface area contributed by atoms with Crippen molar-refractivity contribution >= 4 is 11.9 Å². The molecule has 6 nitrogen and oxygen atoms in total. The van der Waals surface area contributed by atoms with Crippen LogP contribution in [0.2, 0.25) is 0 Å². The summed E-state index contributed by atoms with van der Waals surface area (Å²) >= 11 is 0. The van der Waals surface area contributed by atoms with Crippen LogP contribution in [0, 0.1) is 0 Å². The lowest BCUT2D eigenvalue weighted by molar-refractivity contribution is -0.143. The third-order valence-corrected chi connectivity index (χ3v) is 12.9. The minimum absolute atomic E-state index is 0.00829. The van der Waals surface area contributed by atoms with Gasteiger partial charge in [0, 0.05) is 12.8 Å². The Balaban J connectivity index is 3.44. The number of amides is 1. The van der Waals surface area contributed by atoms with E-state index >= 15 is 0 Å². The quantitative estimate of drug-likeness (QED) is 0.0321. The van der Waals surface area contributed by atoms with Crippen LogP contribution in [0.1, 0.15) is 296 Å². The molecule has 2 atom stereocenters. The van der Waals surface area contributed by atoms with Crippen LogP contribution < -0.4 is 5.32 Å². The Kier molecular flexibility index (Phi) is 52.1. The number of unbranched alkanes of at least 4 members (excludes halogenated alkanes) is 37. The zero-order valence-corrected chi connectivity index (χ0v) is 42.8. The molecule has 376 valence electrons. The van der Waals surface area contributed by atoms with Gasteiger partial charge in [-0.15, -0.1) is 0 Å². The highest BCUT2D eigenvalue weighted by molar-refractivity contribution is 5.76. The summed E-state index contributed by atoms with van der Waals surface area (Å²) in [6.45, 7) is 4.88. The number of aliphatic hydroxyl groups excluding tert-OH is 2. The van der Waals surface area contributed by atoms with E-state index in [4.69, 9.17) is 4.74 Å². The van der Waals surface area contributed by atoms with Crippen LogP contribution in [0.3, 0.4) is 0 Å². The van der Waals surface area contributed by atoms with Crippen LogP contribution in [0.4, 0.5) is 0 Å². The van der Waals surface area contributed by atoms with Crippen molar-refractivity contribution in [2.24, 2.45) is 0 Å². The summed E-state index contributed by atoms with van der Waals surface area (Å²) in [5.41, 5.74) is 0. The van der Waals surface area contributed by atoms with E-state index in [1.165, 1.54) is 212 Å². The van der Waals surface area contributed by atoms with Crippen molar-refractivity contribution < 1.29 is 24.5 Å². The van der Waals surface area contributed by atoms with Gasteiger partial charge in [0.1, 0.15) is 0 Å². The van der Waals surface area contributed by atoms with Gasteiger partial charge in [-0.2, -0.15) is 0 Å². The fourth-order valence-electron chi connectivity index (χ4n) is 8.55. The van der Waals surface area contributed by atoms with Gasteiger partial charge >= 0.3 is 5.97 Å². The van der Waals surface area contributed by atoms with Crippen molar-refractivity contribution in [3.8, 4) is 0 Å². The Hall–Kier alpha value is -1.92. The van der Waals surface area contributed by atoms with Gasteiger partial charge in [-0.05, 0) is 64.2 Å². The Labute approximate surface area is 398 Å². The van der Waals surface area contributed by atoms with Crippen molar-refractivity contribution in [1.82, 2.24) is 5.32 Å². The number of rotatable bonds is 52.